The van der Waals surface area contributed by atoms with Crippen LogP contribution in [0.1, 0.15) is 11.1 Å². The van der Waals surface area contributed by atoms with Gasteiger partial charge in [-0.2, -0.15) is 0 Å². The van der Waals surface area contributed by atoms with E-state index in [9.17, 15) is 0 Å². The molecule has 6 heterocycles. The summed E-state index contributed by atoms with van der Waals surface area (Å²) in [7, 11) is 0. The third-order valence-electron chi connectivity index (χ3n) is 19.9. The van der Waals surface area contributed by atoms with Crippen molar-refractivity contribution in [3.8, 4) is 66.8 Å². The van der Waals surface area contributed by atoms with Crippen molar-refractivity contribution in [3.63, 3.8) is 0 Å². The summed E-state index contributed by atoms with van der Waals surface area (Å²) < 4.78 is 11.7. The van der Waals surface area contributed by atoms with Crippen molar-refractivity contribution < 1.29 is 4.42 Å². The largest absolute Gasteiger partial charge is 0.455 e. The van der Waals surface area contributed by atoms with E-state index in [1.165, 1.54) is 74.6 Å². The molecule has 0 aliphatic carbocycles. The Morgan fingerprint density at radius 2 is 0.688 bits per heavy atom. The number of furan rings is 1. The van der Waals surface area contributed by atoms with Crippen molar-refractivity contribution in [2.75, 3.05) is 0 Å². The van der Waals surface area contributed by atoms with Gasteiger partial charge in [-0.05, 0) is 157 Å². The van der Waals surface area contributed by atoms with Crippen LogP contribution in [0.3, 0.4) is 0 Å². The minimum Gasteiger partial charge on any atom is -0.455 e. The van der Waals surface area contributed by atoms with Crippen LogP contribution < -0.4 is 0 Å². The van der Waals surface area contributed by atoms with Gasteiger partial charge in [-0.25, -0.2) is 19.9 Å². The Morgan fingerprint density at radius 3 is 1.39 bits per heavy atom. The van der Waals surface area contributed by atoms with Crippen molar-refractivity contribution in [3.05, 3.63) is 278 Å². The summed E-state index contributed by atoms with van der Waals surface area (Å²) in [6, 6.07) is 97.9. The Kier molecular flexibility index (Phi) is 11.5. The van der Waals surface area contributed by atoms with Gasteiger partial charge in [0.25, 0.3) is 0 Å². The Labute approximate surface area is 561 Å². The SMILES string of the molecule is Cc1ccc2c(c1)c1cc(C)ccc1c1nc3c(nc21)sc1ccc(-c2cc(-c4ccc5c(c4)c4ccccc4c4nc6sc7c(-c8cccc(-c9cccc(-c%10cccc%11c%10sc%10ccccc%10%11)c9)c8)cccc7c6nc54)cc(-c4cccc5c4oc4ccccc45)c2)cc13. The molecule has 0 fully saturated rings. The Hall–Kier alpha value is -11.5. The van der Waals surface area contributed by atoms with Gasteiger partial charge in [0.1, 0.15) is 31.9 Å². The van der Waals surface area contributed by atoms with Crippen LogP contribution >= 0.6 is 34.0 Å². The van der Waals surface area contributed by atoms with Gasteiger partial charge in [-0.1, -0.05) is 217 Å². The predicted molar refractivity (Wildman–Crippen MR) is 411 cm³/mol. The average Bonchev–Trinajstić information content (AvgIpc) is 1.19. The highest BCUT2D eigenvalue weighted by Crippen LogP contribution is 2.48. The van der Waals surface area contributed by atoms with Crippen molar-refractivity contribution in [2.24, 2.45) is 0 Å². The highest BCUT2D eigenvalue weighted by molar-refractivity contribution is 7.26. The van der Waals surface area contributed by atoms with Crippen molar-refractivity contribution >= 4 is 182 Å². The number of nitrogens with zero attached hydrogens (tertiary/aromatic N) is 4. The average molecular weight is 1280 g/mol. The quantitative estimate of drug-likeness (QED) is 0.155. The van der Waals surface area contributed by atoms with Crippen LogP contribution in [0.4, 0.5) is 0 Å². The fraction of sp³-hybridized carbons (Fsp3) is 0.0227. The molecule has 6 aromatic heterocycles. The van der Waals surface area contributed by atoms with Crippen LogP contribution in [0.2, 0.25) is 0 Å². The fourth-order valence-electron chi connectivity index (χ4n) is 15.4. The number of para-hydroxylation sites is 2. The first-order chi connectivity index (χ1) is 47.3. The van der Waals surface area contributed by atoms with Gasteiger partial charge in [-0.15, -0.1) is 34.0 Å². The first-order valence-corrected chi connectivity index (χ1v) is 34.9. The molecule has 96 heavy (non-hydrogen) atoms. The van der Waals surface area contributed by atoms with Crippen molar-refractivity contribution in [1.29, 1.82) is 0 Å². The molecule has 0 aliphatic heterocycles. The number of thiophene rings is 3. The Balaban J connectivity index is 0.708. The van der Waals surface area contributed by atoms with Crippen molar-refractivity contribution in [2.45, 2.75) is 13.8 Å². The lowest BCUT2D eigenvalue weighted by Gasteiger charge is -2.14. The van der Waals surface area contributed by atoms with Crippen LogP contribution in [-0.4, -0.2) is 19.9 Å². The number of benzene rings is 15. The van der Waals surface area contributed by atoms with Gasteiger partial charge >= 0.3 is 0 Å². The third-order valence-corrected chi connectivity index (χ3v) is 23.3. The van der Waals surface area contributed by atoms with Gasteiger partial charge < -0.3 is 4.42 Å². The molecular weight excluding hydrogens is 1230 g/mol. The van der Waals surface area contributed by atoms with Gasteiger partial charge in [0.15, 0.2) is 0 Å². The number of fused-ring (bicyclic) bond motifs is 24. The predicted octanol–water partition coefficient (Wildman–Crippen LogP) is 25.8. The molecule has 0 spiro atoms. The Bertz CT molecular complexity index is 7010. The summed E-state index contributed by atoms with van der Waals surface area (Å²) in [6.45, 7) is 4.33. The van der Waals surface area contributed by atoms with E-state index in [1.807, 2.05) is 17.4 Å². The summed E-state index contributed by atoms with van der Waals surface area (Å²) in [5.41, 5.74) is 23.3. The van der Waals surface area contributed by atoms with Gasteiger partial charge in [0.2, 0.25) is 0 Å². The topological polar surface area (TPSA) is 64.7 Å². The highest BCUT2D eigenvalue weighted by Gasteiger charge is 2.23. The molecule has 5 nitrogen and oxygen atoms in total. The zero-order chi connectivity index (χ0) is 63.0. The first-order valence-electron chi connectivity index (χ1n) is 32.5. The lowest BCUT2D eigenvalue weighted by molar-refractivity contribution is 0.670. The molecule has 446 valence electrons. The lowest BCUT2D eigenvalue weighted by atomic mass is 9.90. The second-order valence-corrected chi connectivity index (χ2v) is 28.8. The zero-order valence-corrected chi connectivity index (χ0v) is 54.3. The van der Waals surface area contributed by atoms with E-state index in [0.717, 1.165) is 151 Å². The summed E-state index contributed by atoms with van der Waals surface area (Å²) in [6.07, 6.45) is 0. The number of hydrogen-bond acceptors (Lipinski definition) is 8. The van der Waals surface area contributed by atoms with Crippen LogP contribution in [0.15, 0.2) is 271 Å². The van der Waals surface area contributed by atoms with Gasteiger partial charge in [0, 0.05) is 78.2 Å². The van der Waals surface area contributed by atoms with Crippen LogP contribution in [0.5, 0.6) is 0 Å². The molecule has 0 amide bonds. The molecule has 0 atom stereocenters. The molecule has 0 saturated carbocycles. The molecule has 0 aliphatic rings. The van der Waals surface area contributed by atoms with E-state index in [2.05, 4.69) is 275 Å². The number of aryl methyl sites for hydroxylation is 2. The lowest BCUT2D eigenvalue weighted by Crippen LogP contribution is -1.91. The standard InChI is InChI=1S/C88H50N4OS3/c1-47-30-34-65-71(38-47)72-39-48(2)31-35-66(72)81-78(65)90-83-74-46-52(33-37-77(74)95-87(83)91-81)56-42-55(43-57(44-56)58-22-11-25-68-62-19-5-7-28-75(62)93-84(58)68)51-32-36-67-73(45-51)61-18-3-4-21-64(61)80-79(67)89-82-70-27-13-24-60(86(70)96-88(82)92-80)54-17-10-15-50(41-54)49-14-9-16-53(40-49)59-23-12-26-69-63-20-6-8-29-76(63)94-85(59)69/h3-46H,1-2H3. The molecule has 21 aromatic rings. The molecule has 0 radical (unpaired) electrons. The smallest absolute Gasteiger partial charge is 0.143 e. The molecule has 0 bridgehead atoms. The zero-order valence-electron chi connectivity index (χ0n) is 51.8. The van der Waals surface area contributed by atoms with Crippen LogP contribution in [0, 0.1) is 13.8 Å². The first kappa shape index (κ1) is 53.9. The van der Waals surface area contributed by atoms with E-state index in [1.54, 1.807) is 22.7 Å². The van der Waals surface area contributed by atoms with Crippen LogP contribution in [0.25, 0.3) is 215 Å². The summed E-state index contributed by atoms with van der Waals surface area (Å²) in [5.74, 6) is 0. The minimum absolute atomic E-state index is 0.870. The van der Waals surface area contributed by atoms with E-state index >= 15 is 0 Å². The molecule has 0 N–H and O–H groups in total. The highest BCUT2D eigenvalue weighted by atomic mass is 32.1. The number of aromatic nitrogens is 4. The molecule has 21 rings (SSSR count). The number of hydrogen-bond donors (Lipinski definition) is 0. The monoisotopic (exact) mass is 1270 g/mol. The minimum atomic E-state index is 0.870. The van der Waals surface area contributed by atoms with E-state index in [-0.39, 0.29) is 0 Å². The number of rotatable bonds is 6. The molecule has 8 heteroatoms. The maximum atomic E-state index is 6.79. The third kappa shape index (κ3) is 8.13. The Morgan fingerprint density at radius 1 is 0.240 bits per heavy atom. The van der Waals surface area contributed by atoms with Crippen LogP contribution in [-0.2, 0) is 0 Å². The maximum Gasteiger partial charge on any atom is 0.143 e. The second-order valence-electron chi connectivity index (χ2n) is 25.7. The van der Waals surface area contributed by atoms with E-state index in [0.29, 0.717) is 0 Å². The summed E-state index contributed by atoms with van der Waals surface area (Å²) in [5, 5.41) is 16.1. The maximum absolute atomic E-state index is 6.79. The fourth-order valence-corrected chi connectivity index (χ4v) is 18.8. The normalized spacial score (nSPS) is 12.3. The van der Waals surface area contributed by atoms with Crippen molar-refractivity contribution in [1.82, 2.24) is 19.9 Å². The molecule has 0 saturated heterocycles. The molecular formula is C88H50N4OS3. The van der Waals surface area contributed by atoms with Gasteiger partial charge in [0.05, 0.1) is 22.1 Å². The van der Waals surface area contributed by atoms with Gasteiger partial charge in [-0.3, -0.25) is 0 Å². The second kappa shape index (κ2) is 20.5. The molecule has 15 aromatic carbocycles. The summed E-state index contributed by atoms with van der Waals surface area (Å²) in [4.78, 5) is 24.2. The molecule has 0 unspecified atom stereocenters. The van der Waals surface area contributed by atoms with E-state index in [4.69, 9.17) is 24.4 Å². The van der Waals surface area contributed by atoms with E-state index < -0.39 is 0 Å². The summed E-state index contributed by atoms with van der Waals surface area (Å²) >= 11 is 5.32.